The highest BCUT2D eigenvalue weighted by Crippen LogP contribution is 2.34. The number of aryl methyl sites for hydroxylation is 2. The molecule has 0 fully saturated rings. The number of phenolic OH excluding ortho intramolecular Hbond substituents is 1. The van der Waals surface area contributed by atoms with Crippen molar-refractivity contribution < 1.29 is 9.90 Å². The molecule has 27 heavy (non-hydrogen) atoms. The summed E-state index contributed by atoms with van der Waals surface area (Å²) in [6.45, 7) is 2.34. The third-order valence-corrected chi connectivity index (χ3v) is 4.88. The molecule has 140 valence electrons. The van der Waals surface area contributed by atoms with Crippen LogP contribution in [0.1, 0.15) is 34.7 Å². The Morgan fingerprint density at radius 1 is 1.26 bits per heavy atom. The Kier molecular flexibility index (Phi) is 5.81. The van der Waals surface area contributed by atoms with E-state index in [1.807, 2.05) is 50.5 Å². The van der Waals surface area contributed by atoms with Gasteiger partial charge >= 0.3 is 0 Å². The molecule has 1 amide bonds. The Morgan fingerprint density at radius 2 is 2.04 bits per heavy atom. The number of hydrogen-bond donors (Lipinski definition) is 2. The van der Waals surface area contributed by atoms with Crippen LogP contribution in [0.4, 0.5) is 0 Å². The Labute approximate surface area is 163 Å². The van der Waals surface area contributed by atoms with Gasteiger partial charge in [0.1, 0.15) is 5.75 Å². The minimum Gasteiger partial charge on any atom is -0.508 e. The van der Waals surface area contributed by atoms with Crippen molar-refractivity contribution in [3.8, 4) is 5.75 Å². The van der Waals surface area contributed by atoms with E-state index in [1.54, 1.807) is 22.9 Å². The highest BCUT2D eigenvalue weighted by molar-refractivity contribution is 6.31. The van der Waals surface area contributed by atoms with Gasteiger partial charge in [-0.15, -0.1) is 0 Å². The molecule has 0 radical (unpaired) electrons. The number of nitrogens with zero attached hydrogens (tertiary/aromatic N) is 2. The van der Waals surface area contributed by atoms with Crippen molar-refractivity contribution in [1.82, 2.24) is 15.1 Å². The van der Waals surface area contributed by atoms with Gasteiger partial charge in [-0.05, 0) is 36.2 Å². The largest absolute Gasteiger partial charge is 0.508 e. The summed E-state index contributed by atoms with van der Waals surface area (Å²) in [6.07, 6.45) is 2.13. The molecular weight excluding hydrogens is 362 g/mol. The van der Waals surface area contributed by atoms with Crippen LogP contribution >= 0.6 is 11.6 Å². The van der Waals surface area contributed by atoms with Gasteiger partial charge in [-0.1, -0.05) is 41.9 Å². The minimum atomic E-state index is -0.249. The lowest BCUT2D eigenvalue weighted by Gasteiger charge is -2.19. The molecule has 2 aromatic carbocycles. The number of hydrogen-bond acceptors (Lipinski definition) is 3. The standard InChI is InChI=1S/C21H22ClN3O2/c1-14-16(13-25(2)24-14)12-23-21(27)11-19(15-6-5-7-17(26)10-15)18-8-3-4-9-20(18)22/h3-10,13,19,26H,11-12H2,1-2H3,(H,23,27). The number of carbonyl (C=O) groups is 1. The molecule has 0 aliphatic heterocycles. The molecule has 3 rings (SSSR count). The quantitative estimate of drug-likeness (QED) is 0.677. The number of rotatable bonds is 6. The van der Waals surface area contributed by atoms with Crippen LogP contribution in [0.15, 0.2) is 54.7 Å². The zero-order valence-electron chi connectivity index (χ0n) is 15.3. The molecule has 0 spiro atoms. The molecule has 1 unspecified atom stereocenters. The Hall–Kier alpha value is -2.79. The van der Waals surface area contributed by atoms with Crippen LogP contribution < -0.4 is 5.32 Å². The lowest BCUT2D eigenvalue weighted by atomic mass is 9.88. The maximum absolute atomic E-state index is 12.6. The topological polar surface area (TPSA) is 67.2 Å². The number of carbonyl (C=O) groups excluding carboxylic acids is 1. The number of phenols is 1. The lowest BCUT2D eigenvalue weighted by Crippen LogP contribution is -2.25. The molecule has 1 heterocycles. The predicted molar refractivity (Wildman–Crippen MR) is 106 cm³/mol. The van der Waals surface area contributed by atoms with Crippen molar-refractivity contribution in [1.29, 1.82) is 0 Å². The molecule has 0 aliphatic carbocycles. The Balaban J connectivity index is 1.80. The summed E-state index contributed by atoms with van der Waals surface area (Å²) in [4.78, 5) is 12.6. The van der Waals surface area contributed by atoms with E-state index in [0.29, 0.717) is 11.6 Å². The minimum absolute atomic E-state index is 0.0912. The van der Waals surface area contributed by atoms with Gasteiger partial charge < -0.3 is 10.4 Å². The SMILES string of the molecule is Cc1nn(C)cc1CNC(=O)CC(c1cccc(O)c1)c1ccccc1Cl. The highest BCUT2D eigenvalue weighted by Gasteiger charge is 2.21. The zero-order valence-corrected chi connectivity index (χ0v) is 16.1. The van der Waals surface area contributed by atoms with Crippen molar-refractivity contribution in [2.45, 2.75) is 25.8 Å². The van der Waals surface area contributed by atoms with Crippen molar-refractivity contribution in [2.24, 2.45) is 7.05 Å². The van der Waals surface area contributed by atoms with Crippen molar-refractivity contribution in [2.75, 3.05) is 0 Å². The van der Waals surface area contributed by atoms with Gasteiger partial charge in [-0.2, -0.15) is 5.10 Å². The van der Waals surface area contributed by atoms with Gasteiger partial charge in [-0.3, -0.25) is 9.48 Å². The van der Waals surface area contributed by atoms with Crippen molar-refractivity contribution in [3.05, 3.63) is 82.1 Å². The van der Waals surface area contributed by atoms with E-state index in [0.717, 1.165) is 22.4 Å². The molecule has 0 aliphatic rings. The number of aromatic nitrogens is 2. The van der Waals surface area contributed by atoms with Crippen LogP contribution in [0.2, 0.25) is 5.02 Å². The first kappa shape index (κ1) is 19.0. The second-order valence-electron chi connectivity index (χ2n) is 6.56. The van der Waals surface area contributed by atoms with Gasteiger partial charge in [0.05, 0.1) is 5.69 Å². The Morgan fingerprint density at radius 3 is 2.70 bits per heavy atom. The molecule has 1 atom stereocenters. The summed E-state index contributed by atoms with van der Waals surface area (Å²) in [5.41, 5.74) is 3.58. The number of nitrogens with one attached hydrogen (secondary N) is 1. The maximum Gasteiger partial charge on any atom is 0.221 e. The van der Waals surface area contributed by atoms with Crippen molar-refractivity contribution >= 4 is 17.5 Å². The predicted octanol–water partition coefficient (Wildman–Crippen LogP) is 3.93. The van der Waals surface area contributed by atoms with Gasteiger partial charge in [0.25, 0.3) is 0 Å². The number of aromatic hydroxyl groups is 1. The van der Waals surface area contributed by atoms with E-state index >= 15 is 0 Å². The molecule has 5 nitrogen and oxygen atoms in total. The van der Waals surface area contributed by atoms with Gasteiger partial charge in [0.15, 0.2) is 0 Å². The third-order valence-electron chi connectivity index (χ3n) is 4.53. The smallest absolute Gasteiger partial charge is 0.221 e. The van der Waals surface area contributed by atoms with Crippen LogP contribution in [0.3, 0.4) is 0 Å². The lowest BCUT2D eigenvalue weighted by molar-refractivity contribution is -0.121. The number of benzene rings is 2. The van der Waals surface area contributed by atoms with E-state index in [1.165, 1.54) is 0 Å². The van der Waals surface area contributed by atoms with Crippen LogP contribution in [0, 0.1) is 6.92 Å². The molecule has 2 N–H and O–H groups in total. The van der Waals surface area contributed by atoms with E-state index in [4.69, 9.17) is 11.6 Å². The number of amides is 1. The first-order valence-electron chi connectivity index (χ1n) is 8.73. The summed E-state index contributed by atoms with van der Waals surface area (Å²) >= 11 is 6.38. The fraction of sp³-hybridized carbons (Fsp3) is 0.238. The van der Waals surface area contributed by atoms with E-state index in [2.05, 4.69) is 10.4 Å². The third kappa shape index (κ3) is 4.68. The first-order valence-corrected chi connectivity index (χ1v) is 9.11. The van der Waals surface area contributed by atoms with Crippen LogP contribution in [-0.2, 0) is 18.4 Å². The van der Waals surface area contributed by atoms with Gasteiger partial charge in [0.2, 0.25) is 5.91 Å². The summed E-state index contributed by atoms with van der Waals surface area (Å²) < 4.78 is 1.73. The molecule has 3 aromatic rings. The highest BCUT2D eigenvalue weighted by atomic mass is 35.5. The average molecular weight is 384 g/mol. The van der Waals surface area contributed by atoms with Crippen LogP contribution in [0.5, 0.6) is 5.75 Å². The molecule has 0 saturated carbocycles. The van der Waals surface area contributed by atoms with Crippen LogP contribution in [-0.4, -0.2) is 20.8 Å². The molecule has 0 bridgehead atoms. The summed E-state index contributed by atoms with van der Waals surface area (Å²) in [5, 5.41) is 17.7. The molecule has 1 aromatic heterocycles. The molecule has 0 saturated heterocycles. The number of halogens is 1. The first-order chi connectivity index (χ1) is 12.9. The Bertz CT molecular complexity index is 952. The van der Waals surface area contributed by atoms with Gasteiger partial charge in [-0.25, -0.2) is 0 Å². The second kappa shape index (κ2) is 8.27. The fourth-order valence-electron chi connectivity index (χ4n) is 3.18. The van der Waals surface area contributed by atoms with E-state index in [-0.39, 0.29) is 24.0 Å². The summed E-state index contributed by atoms with van der Waals surface area (Å²) in [7, 11) is 1.85. The van der Waals surface area contributed by atoms with E-state index in [9.17, 15) is 9.90 Å². The molecule has 6 heteroatoms. The zero-order chi connectivity index (χ0) is 19.4. The fourth-order valence-corrected chi connectivity index (χ4v) is 3.45. The second-order valence-corrected chi connectivity index (χ2v) is 6.97. The maximum atomic E-state index is 12.6. The van der Waals surface area contributed by atoms with Crippen molar-refractivity contribution in [3.63, 3.8) is 0 Å². The summed E-state index contributed by atoms with van der Waals surface area (Å²) in [6, 6.07) is 14.4. The van der Waals surface area contributed by atoms with Gasteiger partial charge in [0, 0.05) is 42.7 Å². The average Bonchev–Trinajstić information content (AvgIpc) is 2.96. The summed E-state index contributed by atoms with van der Waals surface area (Å²) in [5.74, 6) is -0.178. The monoisotopic (exact) mass is 383 g/mol. The van der Waals surface area contributed by atoms with E-state index < -0.39 is 0 Å². The normalized spacial score (nSPS) is 12.0. The molecular formula is C21H22ClN3O2. The van der Waals surface area contributed by atoms with Crippen LogP contribution in [0.25, 0.3) is 0 Å².